The number of rotatable bonds is 6. The molecule has 0 atom stereocenters. The SMILES string of the molecule is COc1ccc2cc(CCNS(=O)(=O)c3ccc(C)cc3C)c(=O)[nH]c2c1. The molecular weight excluding hydrogens is 364 g/mol. The number of aromatic amines is 1. The van der Waals surface area contributed by atoms with E-state index in [1.165, 1.54) is 0 Å². The number of hydrogen-bond donors (Lipinski definition) is 2. The quantitative estimate of drug-likeness (QED) is 0.682. The van der Waals surface area contributed by atoms with Crippen molar-refractivity contribution < 1.29 is 13.2 Å². The fourth-order valence-electron chi connectivity index (χ4n) is 3.04. The molecule has 0 saturated heterocycles. The van der Waals surface area contributed by atoms with Gasteiger partial charge in [-0.1, -0.05) is 17.7 Å². The number of aromatic nitrogens is 1. The number of H-pyrrole nitrogens is 1. The third-order valence-electron chi connectivity index (χ3n) is 4.44. The van der Waals surface area contributed by atoms with E-state index in [1.807, 2.05) is 25.1 Å². The summed E-state index contributed by atoms with van der Waals surface area (Å²) < 4.78 is 32.8. The predicted molar refractivity (Wildman–Crippen MR) is 106 cm³/mol. The number of methoxy groups -OCH3 is 1. The molecule has 1 heterocycles. The van der Waals surface area contributed by atoms with E-state index in [0.717, 1.165) is 10.9 Å². The first-order chi connectivity index (χ1) is 12.8. The molecule has 0 bridgehead atoms. The van der Waals surface area contributed by atoms with Crippen molar-refractivity contribution in [1.29, 1.82) is 0 Å². The lowest BCUT2D eigenvalue weighted by Gasteiger charge is -2.10. The second-order valence-electron chi connectivity index (χ2n) is 6.49. The van der Waals surface area contributed by atoms with Gasteiger partial charge in [0.2, 0.25) is 10.0 Å². The lowest BCUT2D eigenvalue weighted by Crippen LogP contribution is -2.28. The fraction of sp³-hybridized carbons (Fsp3) is 0.250. The highest BCUT2D eigenvalue weighted by molar-refractivity contribution is 7.89. The summed E-state index contributed by atoms with van der Waals surface area (Å²) in [7, 11) is -2.06. The number of aryl methyl sites for hydroxylation is 2. The number of hydrogen-bond acceptors (Lipinski definition) is 4. The molecule has 3 rings (SSSR count). The molecule has 0 radical (unpaired) electrons. The van der Waals surface area contributed by atoms with Gasteiger partial charge in [-0.05, 0) is 55.5 Å². The Kier molecular flexibility index (Phi) is 5.34. The second-order valence-corrected chi connectivity index (χ2v) is 8.23. The zero-order valence-electron chi connectivity index (χ0n) is 15.5. The minimum atomic E-state index is -3.62. The summed E-state index contributed by atoms with van der Waals surface area (Å²) in [6.07, 6.45) is 0.293. The molecule has 142 valence electrons. The first kappa shape index (κ1) is 19.1. The molecule has 0 unspecified atom stereocenters. The highest BCUT2D eigenvalue weighted by atomic mass is 32.2. The lowest BCUT2D eigenvalue weighted by atomic mass is 10.1. The van der Waals surface area contributed by atoms with Crippen LogP contribution in [0.25, 0.3) is 10.9 Å². The molecule has 0 spiro atoms. The molecular formula is C20H22N2O4S. The van der Waals surface area contributed by atoms with Crippen LogP contribution >= 0.6 is 0 Å². The van der Waals surface area contributed by atoms with Gasteiger partial charge in [-0.3, -0.25) is 4.79 Å². The van der Waals surface area contributed by atoms with Gasteiger partial charge in [-0.2, -0.15) is 0 Å². The summed E-state index contributed by atoms with van der Waals surface area (Å²) in [5, 5.41) is 0.864. The maximum atomic E-state index is 12.5. The van der Waals surface area contributed by atoms with Crippen LogP contribution in [-0.2, 0) is 16.4 Å². The highest BCUT2D eigenvalue weighted by Gasteiger charge is 2.16. The summed E-state index contributed by atoms with van der Waals surface area (Å²) in [4.78, 5) is 15.3. The Hall–Kier alpha value is -2.64. The normalized spacial score (nSPS) is 11.7. The van der Waals surface area contributed by atoms with Gasteiger partial charge in [-0.25, -0.2) is 13.1 Å². The van der Waals surface area contributed by atoms with E-state index in [1.54, 1.807) is 38.3 Å². The molecule has 0 saturated carbocycles. The van der Waals surface area contributed by atoms with Crippen LogP contribution in [0.4, 0.5) is 0 Å². The van der Waals surface area contributed by atoms with Gasteiger partial charge in [0, 0.05) is 18.2 Å². The molecule has 2 aromatic carbocycles. The number of sulfonamides is 1. The number of nitrogens with one attached hydrogen (secondary N) is 2. The minimum absolute atomic E-state index is 0.139. The smallest absolute Gasteiger partial charge is 0.251 e. The topological polar surface area (TPSA) is 88.3 Å². The first-order valence-electron chi connectivity index (χ1n) is 8.57. The van der Waals surface area contributed by atoms with Crippen molar-refractivity contribution in [1.82, 2.24) is 9.71 Å². The summed E-state index contributed by atoms with van der Waals surface area (Å²) in [5.74, 6) is 0.659. The minimum Gasteiger partial charge on any atom is -0.497 e. The van der Waals surface area contributed by atoms with Gasteiger partial charge in [0.05, 0.1) is 17.5 Å². The van der Waals surface area contributed by atoms with Crippen molar-refractivity contribution in [3.05, 3.63) is 69.5 Å². The van der Waals surface area contributed by atoms with Crippen LogP contribution < -0.4 is 15.0 Å². The Balaban J connectivity index is 1.76. The van der Waals surface area contributed by atoms with Crippen LogP contribution in [0.5, 0.6) is 5.75 Å². The van der Waals surface area contributed by atoms with Crippen LogP contribution in [0.2, 0.25) is 0 Å². The lowest BCUT2D eigenvalue weighted by molar-refractivity contribution is 0.415. The molecule has 6 nitrogen and oxygen atoms in total. The van der Waals surface area contributed by atoms with Crippen LogP contribution in [0.15, 0.2) is 52.2 Å². The largest absolute Gasteiger partial charge is 0.497 e. The Morgan fingerprint density at radius 1 is 1.07 bits per heavy atom. The van der Waals surface area contributed by atoms with Crippen molar-refractivity contribution >= 4 is 20.9 Å². The van der Waals surface area contributed by atoms with Crippen molar-refractivity contribution in [2.24, 2.45) is 0 Å². The molecule has 0 fully saturated rings. The number of ether oxygens (including phenoxy) is 1. The van der Waals surface area contributed by atoms with Crippen molar-refractivity contribution in [2.45, 2.75) is 25.2 Å². The summed E-state index contributed by atoms with van der Waals surface area (Å²) >= 11 is 0. The first-order valence-corrected chi connectivity index (χ1v) is 10.1. The third kappa shape index (κ3) is 4.20. The van der Waals surface area contributed by atoms with Gasteiger partial charge >= 0.3 is 0 Å². The van der Waals surface area contributed by atoms with E-state index in [9.17, 15) is 13.2 Å². The Bertz CT molecular complexity index is 1150. The van der Waals surface area contributed by atoms with E-state index in [-0.39, 0.29) is 17.0 Å². The number of fused-ring (bicyclic) bond motifs is 1. The number of benzene rings is 2. The van der Waals surface area contributed by atoms with Crippen LogP contribution in [0.3, 0.4) is 0 Å². The summed E-state index contributed by atoms with van der Waals surface area (Å²) in [6, 6.07) is 12.4. The Morgan fingerprint density at radius 3 is 2.56 bits per heavy atom. The van der Waals surface area contributed by atoms with Gasteiger partial charge in [0.15, 0.2) is 0 Å². The molecule has 0 aliphatic rings. The molecule has 1 aromatic heterocycles. The van der Waals surface area contributed by atoms with E-state index in [2.05, 4.69) is 9.71 Å². The van der Waals surface area contributed by atoms with E-state index < -0.39 is 10.0 Å². The molecule has 2 N–H and O–H groups in total. The molecule has 0 aliphatic heterocycles. The highest BCUT2D eigenvalue weighted by Crippen LogP contribution is 2.19. The van der Waals surface area contributed by atoms with E-state index >= 15 is 0 Å². The van der Waals surface area contributed by atoms with Gasteiger partial charge in [-0.15, -0.1) is 0 Å². The van der Waals surface area contributed by atoms with Crippen LogP contribution in [-0.4, -0.2) is 27.1 Å². The number of pyridine rings is 1. The predicted octanol–water partition coefficient (Wildman–Crippen LogP) is 2.67. The average Bonchev–Trinajstić information content (AvgIpc) is 2.61. The molecule has 7 heteroatoms. The summed E-state index contributed by atoms with van der Waals surface area (Å²) in [5.41, 5.74) is 2.67. The maximum absolute atomic E-state index is 12.5. The fourth-order valence-corrected chi connectivity index (χ4v) is 4.29. The van der Waals surface area contributed by atoms with Gasteiger partial charge in [0.1, 0.15) is 5.75 Å². The van der Waals surface area contributed by atoms with E-state index in [0.29, 0.717) is 28.8 Å². The molecule has 3 aromatic rings. The molecule has 0 aliphatic carbocycles. The maximum Gasteiger partial charge on any atom is 0.251 e. The van der Waals surface area contributed by atoms with Crippen molar-refractivity contribution in [3.63, 3.8) is 0 Å². The third-order valence-corrected chi connectivity index (χ3v) is 6.06. The molecule has 0 amide bonds. The van der Waals surface area contributed by atoms with E-state index in [4.69, 9.17) is 4.74 Å². The molecule has 27 heavy (non-hydrogen) atoms. The van der Waals surface area contributed by atoms with Crippen molar-refractivity contribution in [3.8, 4) is 5.75 Å². The van der Waals surface area contributed by atoms with Gasteiger partial charge in [0.25, 0.3) is 5.56 Å². The average molecular weight is 386 g/mol. The van der Waals surface area contributed by atoms with Crippen LogP contribution in [0.1, 0.15) is 16.7 Å². The second kappa shape index (κ2) is 7.54. The standard InChI is InChI=1S/C20H22N2O4S/c1-13-4-7-19(14(2)10-13)27(24,25)21-9-8-16-11-15-5-6-17(26-3)12-18(15)22-20(16)23/h4-7,10-12,21H,8-9H2,1-3H3,(H,22,23). The zero-order chi connectivity index (χ0) is 19.6. The Morgan fingerprint density at radius 2 is 1.85 bits per heavy atom. The Labute approximate surface area is 158 Å². The zero-order valence-corrected chi connectivity index (χ0v) is 16.3. The van der Waals surface area contributed by atoms with Crippen molar-refractivity contribution in [2.75, 3.05) is 13.7 Å². The van der Waals surface area contributed by atoms with Gasteiger partial charge < -0.3 is 9.72 Å². The van der Waals surface area contributed by atoms with Crippen LogP contribution in [0, 0.1) is 13.8 Å². The summed E-state index contributed by atoms with van der Waals surface area (Å²) in [6.45, 7) is 3.82. The monoisotopic (exact) mass is 386 g/mol.